The van der Waals surface area contributed by atoms with E-state index in [1.165, 1.54) is 11.3 Å². The third-order valence-corrected chi connectivity index (χ3v) is 4.29. The monoisotopic (exact) mass is 294 g/mol. The molecule has 0 amide bonds. The fraction of sp³-hybridized carbons (Fsp3) is 0.600. The highest BCUT2D eigenvalue weighted by molar-refractivity contribution is 9.10. The summed E-state index contributed by atoms with van der Waals surface area (Å²) < 4.78 is 11.1. The predicted octanol–water partition coefficient (Wildman–Crippen LogP) is 2.73. The van der Waals surface area contributed by atoms with Gasteiger partial charge in [-0.25, -0.2) is 0 Å². The van der Waals surface area contributed by atoms with E-state index in [1.54, 1.807) is 21.1 Å². The largest absolute Gasteiger partial charge is 0.384 e. The molecule has 0 bridgehead atoms. The molecule has 1 unspecified atom stereocenters. The minimum absolute atomic E-state index is 0.394. The predicted molar refractivity (Wildman–Crippen MR) is 64.0 cm³/mol. The summed E-state index contributed by atoms with van der Waals surface area (Å²) in [5.74, 6) is 0. The Hall–Kier alpha value is 0.0600. The molecule has 5 heteroatoms. The number of halogens is 1. The van der Waals surface area contributed by atoms with Crippen molar-refractivity contribution in [3.63, 3.8) is 0 Å². The topological polar surface area (TPSA) is 38.7 Å². The average Bonchev–Trinajstić information content (AvgIpc) is 2.61. The van der Waals surface area contributed by atoms with E-state index in [1.807, 2.05) is 11.4 Å². The number of rotatable bonds is 5. The normalized spacial score (nSPS) is 15.6. The molecular weight excluding hydrogens is 280 g/mol. The summed E-state index contributed by atoms with van der Waals surface area (Å²) in [6, 6.07) is 1.92. The molecule has 0 aromatic carbocycles. The molecule has 0 aliphatic carbocycles. The maximum Gasteiger partial charge on any atom is 0.159 e. The van der Waals surface area contributed by atoms with Gasteiger partial charge in [0.25, 0.3) is 0 Å². The van der Waals surface area contributed by atoms with Crippen LogP contribution in [0.2, 0.25) is 0 Å². The lowest BCUT2D eigenvalue weighted by Crippen LogP contribution is -2.29. The quantitative estimate of drug-likeness (QED) is 0.849. The van der Waals surface area contributed by atoms with Gasteiger partial charge in [-0.2, -0.15) is 0 Å². The van der Waals surface area contributed by atoms with E-state index in [0.29, 0.717) is 6.42 Å². The molecule has 1 N–H and O–H groups in total. The Balaban J connectivity index is 2.79. The van der Waals surface area contributed by atoms with Gasteiger partial charge in [-0.3, -0.25) is 0 Å². The minimum atomic E-state index is -0.941. The fourth-order valence-corrected chi connectivity index (χ4v) is 3.23. The van der Waals surface area contributed by atoms with E-state index in [0.717, 1.165) is 9.35 Å². The Kier molecular flexibility index (Phi) is 4.73. The van der Waals surface area contributed by atoms with Gasteiger partial charge in [-0.15, -0.1) is 11.3 Å². The first-order valence-corrected chi connectivity index (χ1v) is 6.20. The van der Waals surface area contributed by atoms with Crippen molar-refractivity contribution in [1.29, 1.82) is 0 Å². The molecule has 1 heterocycles. The standard InChI is InChI=1S/C10H15BrO3S/c1-10(12,6-8(13-2)14-3)9-7(11)4-5-15-9/h4-5,8,12H,6H2,1-3H3. The van der Waals surface area contributed by atoms with Crippen LogP contribution in [0, 0.1) is 0 Å². The van der Waals surface area contributed by atoms with E-state index >= 15 is 0 Å². The first-order chi connectivity index (χ1) is 7.01. The lowest BCUT2D eigenvalue weighted by molar-refractivity contribution is -0.141. The van der Waals surface area contributed by atoms with Crippen LogP contribution in [0.1, 0.15) is 18.2 Å². The van der Waals surface area contributed by atoms with Gasteiger partial charge >= 0.3 is 0 Å². The maximum atomic E-state index is 10.3. The van der Waals surface area contributed by atoms with Gasteiger partial charge in [0.05, 0.1) is 4.88 Å². The molecule has 0 saturated carbocycles. The van der Waals surface area contributed by atoms with Gasteiger partial charge in [0.15, 0.2) is 6.29 Å². The van der Waals surface area contributed by atoms with Gasteiger partial charge in [0.1, 0.15) is 5.60 Å². The summed E-state index contributed by atoms with van der Waals surface area (Å²) in [7, 11) is 3.13. The molecule has 86 valence electrons. The van der Waals surface area contributed by atoms with Crippen molar-refractivity contribution in [3.8, 4) is 0 Å². The van der Waals surface area contributed by atoms with Crippen molar-refractivity contribution in [2.75, 3.05) is 14.2 Å². The summed E-state index contributed by atoms with van der Waals surface area (Å²) in [5.41, 5.74) is -0.941. The Morgan fingerprint density at radius 2 is 2.13 bits per heavy atom. The van der Waals surface area contributed by atoms with Crippen molar-refractivity contribution in [3.05, 3.63) is 20.8 Å². The Morgan fingerprint density at radius 3 is 2.53 bits per heavy atom. The average molecular weight is 295 g/mol. The van der Waals surface area contributed by atoms with Crippen molar-refractivity contribution in [2.45, 2.75) is 25.2 Å². The molecular formula is C10H15BrO3S. The van der Waals surface area contributed by atoms with Gasteiger partial charge in [-0.1, -0.05) is 0 Å². The molecule has 0 aliphatic rings. The second kappa shape index (κ2) is 5.41. The number of hydrogen-bond donors (Lipinski definition) is 1. The molecule has 1 aromatic heterocycles. The zero-order chi connectivity index (χ0) is 11.5. The van der Waals surface area contributed by atoms with Crippen LogP contribution in [0.15, 0.2) is 15.9 Å². The van der Waals surface area contributed by atoms with Crippen molar-refractivity contribution >= 4 is 27.3 Å². The molecule has 1 aromatic rings. The smallest absolute Gasteiger partial charge is 0.159 e. The third kappa shape index (κ3) is 3.26. The number of ether oxygens (including phenoxy) is 2. The second-order valence-electron chi connectivity index (χ2n) is 3.48. The van der Waals surface area contributed by atoms with Gasteiger partial charge in [0.2, 0.25) is 0 Å². The molecule has 0 aliphatic heterocycles. The zero-order valence-corrected chi connectivity index (χ0v) is 11.4. The number of thiophene rings is 1. The Bertz CT molecular complexity index is 307. The first-order valence-electron chi connectivity index (χ1n) is 4.52. The van der Waals surface area contributed by atoms with Crippen LogP contribution in [0.5, 0.6) is 0 Å². The number of aliphatic hydroxyl groups is 1. The van der Waals surface area contributed by atoms with Gasteiger partial charge in [-0.05, 0) is 34.3 Å². The molecule has 0 radical (unpaired) electrons. The van der Waals surface area contributed by atoms with Gasteiger partial charge in [0, 0.05) is 25.1 Å². The van der Waals surface area contributed by atoms with Gasteiger partial charge < -0.3 is 14.6 Å². The highest BCUT2D eigenvalue weighted by Crippen LogP contribution is 2.36. The summed E-state index contributed by atoms with van der Waals surface area (Å²) in [6.45, 7) is 1.76. The van der Waals surface area contributed by atoms with E-state index in [2.05, 4.69) is 15.9 Å². The summed E-state index contributed by atoms with van der Waals surface area (Å²) in [5, 5.41) is 12.2. The van der Waals surface area contributed by atoms with Crippen LogP contribution in [0.3, 0.4) is 0 Å². The van der Waals surface area contributed by atoms with E-state index in [-0.39, 0.29) is 0 Å². The van der Waals surface area contributed by atoms with Crippen LogP contribution in [0.25, 0.3) is 0 Å². The van der Waals surface area contributed by atoms with Crippen molar-refractivity contribution < 1.29 is 14.6 Å². The molecule has 15 heavy (non-hydrogen) atoms. The lowest BCUT2D eigenvalue weighted by atomic mass is 10.0. The summed E-state index contributed by atoms with van der Waals surface area (Å²) in [6.07, 6.45) is 0.00745. The van der Waals surface area contributed by atoms with Crippen LogP contribution in [-0.2, 0) is 15.1 Å². The highest BCUT2D eigenvalue weighted by Gasteiger charge is 2.30. The minimum Gasteiger partial charge on any atom is -0.384 e. The SMILES string of the molecule is COC(CC(C)(O)c1sccc1Br)OC. The molecule has 1 atom stereocenters. The van der Waals surface area contributed by atoms with E-state index in [4.69, 9.17) is 9.47 Å². The van der Waals surface area contributed by atoms with Crippen molar-refractivity contribution in [2.24, 2.45) is 0 Å². The zero-order valence-electron chi connectivity index (χ0n) is 8.99. The Labute approximate surface area is 102 Å². The highest BCUT2D eigenvalue weighted by atomic mass is 79.9. The van der Waals surface area contributed by atoms with Crippen LogP contribution < -0.4 is 0 Å². The van der Waals surface area contributed by atoms with Crippen LogP contribution in [-0.4, -0.2) is 25.6 Å². The molecule has 3 nitrogen and oxygen atoms in total. The second-order valence-corrected chi connectivity index (χ2v) is 5.25. The van der Waals surface area contributed by atoms with Crippen LogP contribution in [0.4, 0.5) is 0 Å². The number of hydrogen-bond acceptors (Lipinski definition) is 4. The number of methoxy groups -OCH3 is 2. The maximum absolute atomic E-state index is 10.3. The molecule has 0 fully saturated rings. The summed E-state index contributed by atoms with van der Waals surface area (Å²) >= 11 is 4.92. The first kappa shape index (κ1) is 13.1. The molecule has 0 saturated heterocycles. The third-order valence-electron chi connectivity index (χ3n) is 2.20. The molecule has 1 rings (SSSR count). The van der Waals surface area contributed by atoms with Crippen LogP contribution >= 0.6 is 27.3 Å². The van der Waals surface area contributed by atoms with Crippen molar-refractivity contribution in [1.82, 2.24) is 0 Å². The lowest BCUT2D eigenvalue weighted by Gasteiger charge is -2.26. The Morgan fingerprint density at radius 1 is 1.53 bits per heavy atom. The summed E-state index contributed by atoms with van der Waals surface area (Å²) in [4.78, 5) is 0.890. The molecule has 0 spiro atoms. The fourth-order valence-electron chi connectivity index (χ4n) is 1.36. The van der Waals surface area contributed by atoms with E-state index < -0.39 is 11.9 Å². The van der Waals surface area contributed by atoms with E-state index in [9.17, 15) is 5.11 Å².